The molecule has 6 nitrogen and oxygen atoms in total. The highest BCUT2D eigenvalue weighted by Gasteiger charge is 2.17. The lowest BCUT2D eigenvalue weighted by atomic mass is 10.1. The van der Waals surface area contributed by atoms with Crippen LogP contribution in [-0.4, -0.2) is 25.5 Å². The lowest BCUT2D eigenvalue weighted by Crippen LogP contribution is -2.30. The fraction of sp³-hybridized carbons (Fsp3) is 0.409. The van der Waals surface area contributed by atoms with Crippen molar-refractivity contribution in [1.29, 1.82) is 0 Å². The summed E-state index contributed by atoms with van der Waals surface area (Å²) in [7, 11) is 0. The van der Waals surface area contributed by atoms with Gasteiger partial charge < -0.3 is 24.8 Å². The third-order valence-electron chi connectivity index (χ3n) is 5.15. The predicted molar refractivity (Wildman–Crippen MR) is 107 cm³/mol. The maximum Gasteiger partial charge on any atom is 0.319 e. The molecule has 29 heavy (non-hydrogen) atoms. The van der Waals surface area contributed by atoms with Crippen LogP contribution >= 0.6 is 0 Å². The summed E-state index contributed by atoms with van der Waals surface area (Å²) < 4.78 is 30.4. The number of ether oxygens (including phenoxy) is 3. The van der Waals surface area contributed by atoms with Crippen LogP contribution in [0.4, 0.5) is 14.9 Å². The predicted octanol–water partition coefficient (Wildman–Crippen LogP) is 4.38. The summed E-state index contributed by atoms with van der Waals surface area (Å²) in [5.41, 5.74) is 2.09. The van der Waals surface area contributed by atoms with Crippen LogP contribution in [0.2, 0.25) is 0 Å². The zero-order chi connectivity index (χ0) is 20.1. The number of nitrogens with one attached hydrogen (secondary N) is 2. The van der Waals surface area contributed by atoms with Crippen LogP contribution in [0.25, 0.3) is 0 Å². The minimum atomic E-state index is -0.336. The molecule has 2 aliphatic rings. The van der Waals surface area contributed by atoms with E-state index in [9.17, 15) is 9.18 Å². The molecule has 0 unspecified atom stereocenters. The molecule has 4 rings (SSSR count). The molecule has 1 heterocycles. The van der Waals surface area contributed by atoms with Crippen molar-refractivity contribution in [3.8, 4) is 11.5 Å². The smallest absolute Gasteiger partial charge is 0.319 e. The molecule has 1 saturated carbocycles. The van der Waals surface area contributed by atoms with Crippen molar-refractivity contribution in [2.45, 2.75) is 44.8 Å². The van der Waals surface area contributed by atoms with Crippen LogP contribution in [0.5, 0.6) is 11.5 Å². The van der Waals surface area contributed by atoms with Crippen LogP contribution in [-0.2, 0) is 17.8 Å². The summed E-state index contributed by atoms with van der Waals surface area (Å²) in [6.45, 7) is 0.837. The Morgan fingerprint density at radius 3 is 2.76 bits per heavy atom. The van der Waals surface area contributed by atoms with Crippen LogP contribution < -0.4 is 20.1 Å². The molecule has 0 bridgehead atoms. The minimum absolute atomic E-state index is 0.153. The van der Waals surface area contributed by atoms with E-state index < -0.39 is 0 Å². The summed E-state index contributed by atoms with van der Waals surface area (Å²) in [5.74, 6) is 1.14. The van der Waals surface area contributed by atoms with Gasteiger partial charge in [-0.3, -0.25) is 0 Å². The highest BCUT2D eigenvalue weighted by atomic mass is 19.1. The molecule has 1 fully saturated rings. The maximum absolute atomic E-state index is 13.8. The molecule has 2 amide bonds. The van der Waals surface area contributed by atoms with Gasteiger partial charge in [0, 0.05) is 17.8 Å². The zero-order valence-corrected chi connectivity index (χ0v) is 16.2. The Bertz CT molecular complexity index is 851. The van der Waals surface area contributed by atoms with Crippen molar-refractivity contribution >= 4 is 11.7 Å². The minimum Gasteiger partial charge on any atom is -0.490 e. The topological polar surface area (TPSA) is 68.8 Å². The Labute approximate surface area is 169 Å². The summed E-state index contributed by atoms with van der Waals surface area (Å²) in [6.07, 6.45) is 5.43. The summed E-state index contributed by atoms with van der Waals surface area (Å²) in [4.78, 5) is 12.1. The van der Waals surface area contributed by atoms with Gasteiger partial charge in [0.1, 0.15) is 17.3 Å². The molecule has 1 aliphatic heterocycles. The van der Waals surface area contributed by atoms with E-state index in [4.69, 9.17) is 14.2 Å². The van der Waals surface area contributed by atoms with E-state index >= 15 is 0 Å². The number of hydrogen-bond donors (Lipinski definition) is 2. The van der Waals surface area contributed by atoms with E-state index in [1.807, 2.05) is 24.3 Å². The molecule has 0 aromatic heterocycles. The van der Waals surface area contributed by atoms with Crippen molar-refractivity contribution in [2.75, 3.05) is 18.7 Å². The number of rotatable bonds is 6. The number of urea groups is 1. The molecule has 2 N–H and O–H groups in total. The van der Waals surface area contributed by atoms with Gasteiger partial charge in [-0.25, -0.2) is 9.18 Å². The number of amides is 2. The molecule has 7 heteroatoms. The first kappa shape index (κ1) is 19.5. The fourth-order valence-electron chi connectivity index (χ4n) is 3.74. The van der Waals surface area contributed by atoms with E-state index in [-0.39, 0.29) is 18.6 Å². The molecular weight excluding hydrogens is 375 g/mol. The third-order valence-corrected chi connectivity index (χ3v) is 5.15. The van der Waals surface area contributed by atoms with Crippen molar-refractivity contribution in [3.05, 3.63) is 53.3 Å². The van der Waals surface area contributed by atoms with Gasteiger partial charge in [-0.1, -0.05) is 0 Å². The second-order valence-corrected chi connectivity index (χ2v) is 7.34. The first-order valence-corrected chi connectivity index (χ1v) is 10.0. The van der Waals surface area contributed by atoms with Gasteiger partial charge in [-0.2, -0.15) is 0 Å². The molecule has 1 aliphatic carbocycles. The monoisotopic (exact) mass is 400 g/mol. The normalized spacial score (nSPS) is 16.0. The van der Waals surface area contributed by atoms with Gasteiger partial charge >= 0.3 is 6.03 Å². The molecule has 2 aromatic carbocycles. The van der Waals surface area contributed by atoms with Gasteiger partial charge in [-0.15, -0.1) is 0 Å². The second kappa shape index (κ2) is 9.13. The van der Waals surface area contributed by atoms with Crippen molar-refractivity contribution in [3.63, 3.8) is 0 Å². The van der Waals surface area contributed by atoms with Gasteiger partial charge in [-0.05, 0) is 74.1 Å². The van der Waals surface area contributed by atoms with Crippen molar-refractivity contribution in [2.24, 2.45) is 0 Å². The number of hydrogen-bond acceptors (Lipinski definition) is 4. The lowest BCUT2D eigenvalue weighted by molar-refractivity contribution is -0.0172. The largest absolute Gasteiger partial charge is 0.490 e. The SMILES string of the molecule is O=C(NCCc1cc(F)cc2c1OCOC2)Nc1ccc(OC2CCCC2)cc1. The van der Waals surface area contributed by atoms with Crippen molar-refractivity contribution < 1.29 is 23.4 Å². The Hall–Kier alpha value is -2.80. The highest BCUT2D eigenvalue weighted by Crippen LogP contribution is 2.29. The van der Waals surface area contributed by atoms with Gasteiger partial charge in [0.2, 0.25) is 0 Å². The van der Waals surface area contributed by atoms with Gasteiger partial charge in [0.15, 0.2) is 6.79 Å². The summed E-state index contributed by atoms with van der Waals surface area (Å²) >= 11 is 0. The molecule has 0 saturated heterocycles. The third kappa shape index (κ3) is 5.17. The number of fused-ring (bicyclic) bond motifs is 1. The molecule has 154 valence electrons. The Kier molecular flexibility index (Phi) is 6.14. The number of halogens is 1. The first-order valence-electron chi connectivity index (χ1n) is 10.0. The van der Waals surface area contributed by atoms with Crippen molar-refractivity contribution in [1.82, 2.24) is 5.32 Å². The van der Waals surface area contributed by atoms with E-state index in [0.717, 1.165) is 24.2 Å². The maximum atomic E-state index is 13.8. The molecule has 2 aromatic rings. The highest BCUT2D eigenvalue weighted by molar-refractivity contribution is 5.89. The average molecular weight is 400 g/mol. The van der Waals surface area contributed by atoms with Crippen LogP contribution in [0, 0.1) is 5.82 Å². The van der Waals surface area contributed by atoms with E-state index in [1.54, 1.807) is 0 Å². The Balaban J connectivity index is 1.26. The van der Waals surface area contributed by atoms with Crippen LogP contribution in [0.3, 0.4) is 0 Å². The van der Waals surface area contributed by atoms with E-state index in [0.29, 0.717) is 42.7 Å². The van der Waals surface area contributed by atoms with Crippen LogP contribution in [0.15, 0.2) is 36.4 Å². The fourth-order valence-corrected chi connectivity index (χ4v) is 3.74. The average Bonchev–Trinajstić information content (AvgIpc) is 3.22. The molecule has 0 radical (unpaired) electrons. The first-order chi connectivity index (χ1) is 14.2. The number of carbonyl (C=O) groups is 1. The molecule has 0 atom stereocenters. The second-order valence-electron chi connectivity index (χ2n) is 7.34. The van der Waals surface area contributed by atoms with Gasteiger partial charge in [0.05, 0.1) is 12.7 Å². The lowest BCUT2D eigenvalue weighted by Gasteiger charge is -2.21. The Morgan fingerprint density at radius 2 is 1.97 bits per heavy atom. The standard InChI is InChI=1S/C22H25FN2O4/c23-17-11-15(21-16(12-17)13-27-14-28-21)9-10-24-22(26)25-18-5-7-20(8-6-18)29-19-3-1-2-4-19/h5-8,11-12,19H,1-4,9-10,13-14H2,(H2,24,25,26). The number of anilines is 1. The Morgan fingerprint density at radius 1 is 1.17 bits per heavy atom. The number of carbonyl (C=O) groups excluding carboxylic acids is 1. The quantitative estimate of drug-likeness (QED) is 0.755. The molecular formula is C22H25FN2O4. The molecule has 0 spiro atoms. The van der Waals surface area contributed by atoms with E-state index in [2.05, 4.69) is 10.6 Å². The summed E-state index contributed by atoms with van der Waals surface area (Å²) in [6, 6.07) is 9.91. The summed E-state index contributed by atoms with van der Waals surface area (Å²) in [5, 5.41) is 5.58. The zero-order valence-electron chi connectivity index (χ0n) is 16.2. The van der Waals surface area contributed by atoms with Gasteiger partial charge in [0.25, 0.3) is 0 Å². The number of benzene rings is 2. The van der Waals surface area contributed by atoms with Crippen LogP contribution in [0.1, 0.15) is 36.8 Å². The van der Waals surface area contributed by atoms with E-state index in [1.165, 1.54) is 25.0 Å².